The van der Waals surface area contributed by atoms with Crippen molar-refractivity contribution in [3.05, 3.63) is 24.3 Å². The molecule has 9 nitrogen and oxygen atoms in total. The summed E-state index contributed by atoms with van der Waals surface area (Å²) in [7, 11) is -4.39. The average molecular weight is 675 g/mol. The number of aliphatic hydroxyl groups excluding tert-OH is 2. The van der Waals surface area contributed by atoms with E-state index in [4.69, 9.17) is 14.8 Å². The Morgan fingerprint density at radius 1 is 0.739 bits per heavy atom. The number of nitrogens with two attached hydrogens (primary N) is 1. The standard InChI is InChI=1S/C36H71N2O7P/c1-3-5-7-9-11-13-14-15-16-17-18-19-20-22-24-26-28-35(40)34(32-45-46(42,43)44-30-29-37)38-36(41)31-33(39)27-25-23-21-12-10-8-6-4-2/h19-20,26,28,33-35,39-40H,3-18,21-25,27,29-32,37H2,1-2H3,(H,38,41)(H,42,43)/b20-19+,28-26+. The summed E-state index contributed by atoms with van der Waals surface area (Å²) in [5.41, 5.74) is 5.33. The highest BCUT2D eigenvalue weighted by atomic mass is 31.2. The first-order valence-corrected chi connectivity index (χ1v) is 20.0. The fraction of sp³-hybridized carbons (Fsp3) is 0.861. The molecule has 1 amide bonds. The van der Waals surface area contributed by atoms with Crippen LogP contribution in [0.2, 0.25) is 0 Å². The first kappa shape index (κ1) is 44.9. The number of carbonyl (C=O) groups excluding carboxylic acids is 1. The molecule has 0 radical (unpaired) electrons. The smallest absolute Gasteiger partial charge is 0.393 e. The van der Waals surface area contributed by atoms with Crippen molar-refractivity contribution in [1.29, 1.82) is 0 Å². The van der Waals surface area contributed by atoms with Crippen LogP contribution in [-0.4, -0.2) is 59.0 Å². The van der Waals surface area contributed by atoms with E-state index in [0.29, 0.717) is 12.8 Å². The van der Waals surface area contributed by atoms with E-state index in [1.807, 2.05) is 6.08 Å². The molecule has 6 N–H and O–H groups in total. The first-order valence-electron chi connectivity index (χ1n) is 18.5. The van der Waals surface area contributed by atoms with Gasteiger partial charge in [0.2, 0.25) is 5.91 Å². The van der Waals surface area contributed by atoms with Crippen LogP contribution in [0.1, 0.15) is 162 Å². The van der Waals surface area contributed by atoms with Crippen molar-refractivity contribution in [2.24, 2.45) is 5.73 Å². The van der Waals surface area contributed by atoms with Gasteiger partial charge in [-0.15, -0.1) is 0 Å². The topological polar surface area (TPSA) is 151 Å². The zero-order chi connectivity index (χ0) is 34.1. The summed E-state index contributed by atoms with van der Waals surface area (Å²) in [6, 6.07) is -0.993. The van der Waals surface area contributed by atoms with E-state index < -0.39 is 38.6 Å². The van der Waals surface area contributed by atoms with Crippen LogP contribution < -0.4 is 11.1 Å². The van der Waals surface area contributed by atoms with Gasteiger partial charge in [-0.05, 0) is 32.1 Å². The van der Waals surface area contributed by atoms with Crippen molar-refractivity contribution in [3.63, 3.8) is 0 Å². The zero-order valence-electron chi connectivity index (χ0n) is 29.4. The zero-order valence-corrected chi connectivity index (χ0v) is 30.3. The average Bonchev–Trinajstić information content (AvgIpc) is 3.03. The van der Waals surface area contributed by atoms with Crippen molar-refractivity contribution < 1.29 is 33.5 Å². The molecule has 0 saturated heterocycles. The molecule has 0 spiro atoms. The summed E-state index contributed by atoms with van der Waals surface area (Å²) in [5, 5.41) is 23.8. The molecule has 272 valence electrons. The van der Waals surface area contributed by atoms with Crippen molar-refractivity contribution in [3.8, 4) is 0 Å². The minimum absolute atomic E-state index is 0.0455. The van der Waals surface area contributed by atoms with Gasteiger partial charge in [0.25, 0.3) is 0 Å². The molecule has 0 fully saturated rings. The van der Waals surface area contributed by atoms with Crippen LogP contribution in [0.25, 0.3) is 0 Å². The lowest BCUT2D eigenvalue weighted by molar-refractivity contribution is -0.124. The lowest BCUT2D eigenvalue weighted by Crippen LogP contribution is -2.46. The summed E-state index contributed by atoms with van der Waals surface area (Å²) < 4.78 is 21.9. The fourth-order valence-corrected chi connectivity index (χ4v) is 6.01. The quantitative estimate of drug-likeness (QED) is 0.0259. The monoisotopic (exact) mass is 674 g/mol. The fourth-order valence-electron chi connectivity index (χ4n) is 5.25. The molecule has 0 aromatic rings. The van der Waals surface area contributed by atoms with E-state index in [2.05, 4.69) is 31.3 Å². The van der Waals surface area contributed by atoms with Gasteiger partial charge in [-0.1, -0.05) is 147 Å². The van der Waals surface area contributed by atoms with E-state index in [1.165, 1.54) is 96.3 Å². The lowest BCUT2D eigenvalue weighted by atomic mass is 10.0. The maximum absolute atomic E-state index is 12.7. The highest BCUT2D eigenvalue weighted by molar-refractivity contribution is 7.47. The number of phosphoric acid groups is 1. The summed E-state index contributed by atoms with van der Waals surface area (Å²) >= 11 is 0. The number of aliphatic hydroxyl groups is 2. The number of unbranched alkanes of at least 4 members (excludes halogenated alkanes) is 18. The summed E-state index contributed by atoms with van der Waals surface area (Å²) in [4.78, 5) is 22.6. The molecule has 0 heterocycles. The second-order valence-electron chi connectivity index (χ2n) is 12.6. The van der Waals surface area contributed by atoms with Gasteiger partial charge in [0.05, 0.1) is 37.9 Å². The molecule has 0 bridgehead atoms. The molecule has 0 aliphatic rings. The Hall–Kier alpha value is -1.06. The molecule has 0 aliphatic heterocycles. The molecular formula is C36H71N2O7P. The van der Waals surface area contributed by atoms with Gasteiger partial charge in [-0.2, -0.15) is 0 Å². The Kier molecular flexibility index (Phi) is 31.7. The number of phosphoric ester groups is 1. The van der Waals surface area contributed by atoms with E-state index in [9.17, 15) is 24.5 Å². The maximum atomic E-state index is 12.7. The van der Waals surface area contributed by atoms with Crippen molar-refractivity contribution in [2.45, 2.75) is 180 Å². The van der Waals surface area contributed by atoms with E-state index in [0.717, 1.165) is 32.1 Å². The number of hydrogen-bond donors (Lipinski definition) is 5. The van der Waals surface area contributed by atoms with Crippen LogP contribution >= 0.6 is 7.82 Å². The van der Waals surface area contributed by atoms with Gasteiger partial charge < -0.3 is 26.2 Å². The van der Waals surface area contributed by atoms with E-state index >= 15 is 0 Å². The molecule has 0 saturated carbocycles. The number of allylic oxidation sites excluding steroid dienone is 3. The van der Waals surface area contributed by atoms with Gasteiger partial charge in [0.15, 0.2) is 0 Å². The minimum atomic E-state index is -4.39. The van der Waals surface area contributed by atoms with Crippen LogP contribution in [0.15, 0.2) is 24.3 Å². The van der Waals surface area contributed by atoms with E-state index in [-0.39, 0.29) is 19.6 Å². The Morgan fingerprint density at radius 2 is 1.24 bits per heavy atom. The number of amides is 1. The first-order chi connectivity index (χ1) is 22.3. The molecule has 0 rings (SSSR count). The molecular weight excluding hydrogens is 603 g/mol. The Labute approximate surface area is 281 Å². The van der Waals surface area contributed by atoms with Gasteiger partial charge in [-0.25, -0.2) is 4.57 Å². The number of nitrogens with one attached hydrogen (secondary N) is 1. The Balaban J connectivity index is 4.50. The normalized spacial score (nSPS) is 15.3. The second kappa shape index (κ2) is 32.5. The Bertz CT molecular complexity index is 796. The summed E-state index contributed by atoms with van der Waals surface area (Å²) in [5.74, 6) is -0.460. The summed E-state index contributed by atoms with van der Waals surface area (Å²) in [6.07, 6.45) is 31.3. The molecule has 0 aliphatic carbocycles. The van der Waals surface area contributed by atoms with Gasteiger partial charge in [-0.3, -0.25) is 13.8 Å². The SMILES string of the molecule is CCCCCCCCCCCC/C=C/CC/C=C/C(O)C(COP(=O)(O)OCCN)NC(=O)CC(O)CCCCCCCCCC. The minimum Gasteiger partial charge on any atom is -0.393 e. The van der Waals surface area contributed by atoms with Crippen LogP contribution in [0.3, 0.4) is 0 Å². The maximum Gasteiger partial charge on any atom is 0.472 e. The second-order valence-corrected chi connectivity index (χ2v) is 14.1. The lowest BCUT2D eigenvalue weighted by Gasteiger charge is -2.24. The molecule has 0 aromatic carbocycles. The molecule has 0 aromatic heterocycles. The van der Waals surface area contributed by atoms with Crippen molar-refractivity contribution in [1.82, 2.24) is 5.32 Å². The van der Waals surface area contributed by atoms with Crippen molar-refractivity contribution >= 4 is 13.7 Å². The Morgan fingerprint density at radius 3 is 1.80 bits per heavy atom. The summed E-state index contributed by atoms with van der Waals surface area (Å²) in [6.45, 7) is 3.90. The number of hydrogen-bond acceptors (Lipinski definition) is 7. The molecule has 10 heteroatoms. The van der Waals surface area contributed by atoms with Crippen LogP contribution in [0.5, 0.6) is 0 Å². The number of carbonyl (C=O) groups is 1. The van der Waals surface area contributed by atoms with Crippen LogP contribution in [0, 0.1) is 0 Å². The predicted octanol–water partition coefficient (Wildman–Crippen LogP) is 8.41. The molecule has 46 heavy (non-hydrogen) atoms. The predicted molar refractivity (Wildman–Crippen MR) is 191 cm³/mol. The highest BCUT2D eigenvalue weighted by Crippen LogP contribution is 2.43. The third kappa shape index (κ3) is 30.3. The number of rotatable bonds is 34. The van der Waals surface area contributed by atoms with Gasteiger partial charge >= 0.3 is 7.82 Å². The highest BCUT2D eigenvalue weighted by Gasteiger charge is 2.27. The third-order valence-corrected chi connectivity index (χ3v) is 9.07. The largest absolute Gasteiger partial charge is 0.472 e. The molecule has 4 unspecified atom stereocenters. The van der Waals surface area contributed by atoms with Crippen molar-refractivity contribution in [2.75, 3.05) is 19.8 Å². The van der Waals surface area contributed by atoms with Crippen LogP contribution in [0.4, 0.5) is 0 Å². The molecule has 4 atom stereocenters. The van der Waals surface area contributed by atoms with Crippen LogP contribution in [-0.2, 0) is 18.4 Å². The van der Waals surface area contributed by atoms with E-state index in [1.54, 1.807) is 6.08 Å². The van der Waals surface area contributed by atoms with Gasteiger partial charge in [0.1, 0.15) is 0 Å². The van der Waals surface area contributed by atoms with Gasteiger partial charge in [0, 0.05) is 6.54 Å². The third-order valence-electron chi connectivity index (χ3n) is 8.08.